The molecule has 6 heteroatoms. The molecule has 1 amide bonds. The number of thiazole rings is 1. The number of nitrogens with one attached hydrogen (secondary N) is 1. The van der Waals surface area contributed by atoms with Gasteiger partial charge in [0.25, 0.3) is 0 Å². The Bertz CT molecular complexity index is 647. The highest BCUT2D eigenvalue weighted by molar-refractivity contribution is 7.80. The molecule has 0 unspecified atom stereocenters. The Morgan fingerprint density at radius 2 is 2.05 bits per heavy atom. The number of rotatable bonds is 5. The number of amides is 1. The fourth-order valence-corrected chi connectivity index (χ4v) is 2.97. The van der Waals surface area contributed by atoms with Gasteiger partial charge in [0, 0.05) is 17.2 Å². The summed E-state index contributed by atoms with van der Waals surface area (Å²) in [6.45, 7) is 2.44. The SMILES string of the molecule is Cc1sc(=O)n(CC(=O)NCCS)c1-c1ccccc1. The predicted octanol–water partition coefficient (Wildman–Crippen LogP) is 1.93. The molecule has 1 heterocycles. The van der Waals surface area contributed by atoms with Crippen LogP contribution in [0.3, 0.4) is 0 Å². The summed E-state index contributed by atoms with van der Waals surface area (Å²) in [5.74, 6) is 0.408. The molecule has 0 aliphatic carbocycles. The van der Waals surface area contributed by atoms with E-state index in [0.717, 1.165) is 16.1 Å². The average molecular weight is 308 g/mol. The minimum atomic E-state index is -0.170. The van der Waals surface area contributed by atoms with E-state index in [1.165, 1.54) is 15.9 Å². The van der Waals surface area contributed by atoms with Crippen molar-refractivity contribution in [2.24, 2.45) is 0 Å². The molecule has 1 N–H and O–H groups in total. The quantitative estimate of drug-likeness (QED) is 0.829. The zero-order chi connectivity index (χ0) is 14.5. The number of aromatic nitrogens is 1. The molecule has 20 heavy (non-hydrogen) atoms. The number of carbonyl (C=O) groups is 1. The van der Waals surface area contributed by atoms with Crippen LogP contribution < -0.4 is 10.2 Å². The second kappa shape index (κ2) is 6.76. The van der Waals surface area contributed by atoms with Gasteiger partial charge in [-0.3, -0.25) is 14.2 Å². The van der Waals surface area contributed by atoms with Gasteiger partial charge in [0.2, 0.25) is 5.91 Å². The Balaban J connectivity index is 2.34. The van der Waals surface area contributed by atoms with Crippen LogP contribution in [0.5, 0.6) is 0 Å². The fourth-order valence-electron chi connectivity index (χ4n) is 2.01. The highest BCUT2D eigenvalue weighted by atomic mass is 32.1. The van der Waals surface area contributed by atoms with Gasteiger partial charge in [-0.1, -0.05) is 41.7 Å². The summed E-state index contributed by atoms with van der Waals surface area (Å²) in [5, 5.41) is 2.73. The van der Waals surface area contributed by atoms with E-state index in [-0.39, 0.29) is 17.3 Å². The van der Waals surface area contributed by atoms with E-state index in [9.17, 15) is 9.59 Å². The average Bonchev–Trinajstić information content (AvgIpc) is 2.72. The van der Waals surface area contributed by atoms with E-state index < -0.39 is 0 Å². The molecule has 0 saturated heterocycles. The standard InChI is InChI=1S/C14H16N2O2S2/c1-10-13(11-5-3-2-4-6-11)16(14(18)20-10)9-12(17)15-7-8-19/h2-6,19H,7-9H2,1H3,(H,15,17). The first kappa shape index (κ1) is 14.9. The largest absolute Gasteiger partial charge is 0.354 e. The highest BCUT2D eigenvalue weighted by Crippen LogP contribution is 2.24. The molecule has 0 aliphatic rings. The highest BCUT2D eigenvalue weighted by Gasteiger charge is 2.15. The van der Waals surface area contributed by atoms with Crippen LogP contribution in [0.2, 0.25) is 0 Å². The topological polar surface area (TPSA) is 51.1 Å². The lowest BCUT2D eigenvalue weighted by atomic mass is 10.1. The lowest BCUT2D eigenvalue weighted by Crippen LogP contribution is -2.32. The van der Waals surface area contributed by atoms with Crippen LogP contribution in [0, 0.1) is 6.92 Å². The smallest absolute Gasteiger partial charge is 0.308 e. The van der Waals surface area contributed by atoms with E-state index in [2.05, 4.69) is 17.9 Å². The van der Waals surface area contributed by atoms with Crippen molar-refractivity contribution in [2.75, 3.05) is 12.3 Å². The van der Waals surface area contributed by atoms with Gasteiger partial charge in [0.1, 0.15) is 6.54 Å². The fraction of sp³-hybridized carbons (Fsp3) is 0.286. The zero-order valence-electron chi connectivity index (χ0n) is 11.1. The lowest BCUT2D eigenvalue weighted by molar-refractivity contribution is -0.121. The van der Waals surface area contributed by atoms with Crippen LogP contribution in [0.15, 0.2) is 35.1 Å². The Kier molecular flexibility index (Phi) is 5.03. The minimum absolute atomic E-state index is 0.0428. The van der Waals surface area contributed by atoms with Crippen molar-refractivity contribution in [3.05, 3.63) is 44.9 Å². The summed E-state index contributed by atoms with van der Waals surface area (Å²) in [4.78, 5) is 24.7. The van der Waals surface area contributed by atoms with Crippen LogP contribution in [-0.4, -0.2) is 22.8 Å². The molecule has 2 rings (SSSR count). The third-order valence-electron chi connectivity index (χ3n) is 2.85. The second-order valence-corrected chi connectivity index (χ2v) is 5.91. The van der Waals surface area contributed by atoms with Gasteiger partial charge in [-0.2, -0.15) is 12.6 Å². The Labute approximate surface area is 126 Å². The molecule has 1 aromatic heterocycles. The molecule has 4 nitrogen and oxygen atoms in total. The van der Waals surface area contributed by atoms with Crippen LogP contribution >= 0.6 is 24.0 Å². The maximum absolute atomic E-state index is 12.0. The van der Waals surface area contributed by atoms with Crippen molar-refractivity contribution in [1.29, 1.82) is 0 Å². The molecule has 0 spiro atoms. The number of hydrogen-bond acceptors (Lipinski definition) is 4. The van der Waals surface area contributed by atoms with Crippen molar-refractivity contribution in [2.45, 2.75) is 13.5 Å². The third kappa shape index (κ3) is 3.32. The van der Waals surface area contributed by atoms with E-state index in [1.54, 1.807) is 0 Å². The van der Waals surface area contributed by atoms with E-state index in [0.29, 0.717) is 12.3 Å². The summed E-state index contributed by atoms with van der Waals surface area (Å²) in [5.41, 5.74) is 1.77. The molecule has 0 saturated carbocycles. The second-order valence-electron chi connectivity index (χ2n) is 4.30. The first-order chi connectivity index (χ1) is 9.63. The third-order valence-corrected chi connectivity index (χ3v) is 3.97. The Morgan fingerprint density at radius 3 is 2.70 bits per heavy atom. The molecule has 0 fully saturated rings. The molecule has 0 bridgehead atoms. The van der Waals surface area contributed by atoms with Gasteiger partial charge in [0.05, 0.1) is 5.69 Å². The molecular weight excluding hydrogens is 292 g/mol. The predicted molar refractivity (Wildman–Crippen MR) is 85.6 cm³/mol. The summed E-state index contributed by atoms with van der Waals surface area (Å²) >= 11 is 5.21. The van der Waals surface area contributed by atoms with Gasteiger partial charge in [-0.15, -0.1) is 0 Å². The van der Waals surface area contributed by atoms with Crippen molar-refractivity contribution < 1.29 is 4.79 Å². The molecule has 106 valence electrons. The van der Waals surface area contributed by atoms with E-state index in [1.807, 2.05) is 37.3 Å². The Hall–Kier alpha value is -1.53. The monoisotopic (exact) mass is 308 g/mol. The minimum Gasteiger partial charge on any atom is -0.354 e. The number of thiol groups is 1. The van der Waals surface area contributed by atoms with E-state index in [4.69, 9.17) is 0 Å². The van der Waals surface area contributed by atoms with Gasteiger partial charge < -0.3 is 5.32 Å². The summed E-state index contributed by atoms with van der Waals surface area (Å²) < 4.78 is 1.53. The van der Waals surface area contributed by atoms with E-state index >= 15 is 0 Å². The first-order valence-corrected chi connectivity index (χ1v) is 7.71. The van der Waals surface area contributed by atoms with Crippen molar-refractivity contribution in [3.8, 4) is 11.3 Å². The van der Waals surface area contributed by atoms with Gasteiger partial charge in [-0.25, -0.2) is 0 Å². The molecule has 0 atom stereocenters. The normalized spacial score (nSPS) is 10.5. The first-order valence-electron chi connectivity index (χ1n) is 6.26. The number of nitrogens with zero attached hydrogens (tertiary/aromatic N) is 1. The van der Waals surface area contributed by atoms with Crippen molar-refractivity contribution >= 4 is 29.9 Å². The summed E-state index contributed by atoms with van der Waals surface area (Å²) in [6, 6.07) is 9.64. The van der Waals surface area contributed by atoms with Crippen LogP contribution in [0.1, 0.15) is 4.88 Å². The number of carbonyl (C=O) groups excluding carboxylic acids is 1. The number of aryl methyl sites for hydroxylation is 1. The summed E-state index contributed by atoms with van der Waals surface area (Å²) in [7, 11) is 0. The van der Waals surface area contributed by atoms with Gasteiger partial charge in [-0.05, 0) is 12.5 Å². The molecule has 2 aromatic rings. The van der Waals surface area contributed by atoms with Crippen LogP contribution in [0.4, 0.5) is 0 Å². The summed E-state index contributed by atoms with van der Waals surface area (Å²) in [6.07, 6.45) is 0. The lowest BCUT2D eigenvalue weighted by Gasteiger charge is -2.09. The molecule has 0 radical (unpaired) electrons. The number of hydrogen-bond donors (Lipinski definition) is 2. The molecule has 1 aromatic carbocycles. The van der Waals surface area contributed by atoms with Gasteiger partial charge >= 0.3 is 4.87 Å². The van der Waals surface area contributed by atoms with Crippen molar-refractivity contribution in [3.63, 3.8) is 0 Å². The maximum Gasteiger partial charge on any atom is 0.308 e. The zero-order valence-corrected chi connectivity index (χ0v) is 12.8. The maximum atomic E-state index is 12.0. The Morgan fingerprint density at radius 1 is 1.35 bits per heavy atom. The number of benzene rings is 1. The van der Waals surface area contributed by atoms with Gasteiger partial charge in [0.15, 0.2) is 0 Å². The van der Waals surface area contributed by atoms with Crippen LogP contribution in [-0.2, 0) is 11.3 Å². The molecule has 0 aliphatic heterocycles. The molecular formula is C14H16N2O2S2. The van der Waals surface area contributed by atoms with Crippen LogP contribution in [0.25, 0.3) is 11.3 Å². The van der Waals surface area contributed by atoms with Crippen molar-refractivity contribution in [1.82, 2.24) is 9.88 Å².